The van der Waals surface area contributed by atoms with E-state index in [1.54, 1.807) is 14.2 Å². The average molecular weight is 336 g/mol. The molecule has 5 rings (SSSR count). The van der Waals surface area contributed by atoms with Gasteiger partial charge < -0.3 is 18.9 Å². The van der Waals surface area contributed by atoms with E-state index < -0.39 is 0 Å². The third kappa shape index (κ3) is 1.98. The van der Waals surface area contributed by atoms with Crippen LogP contribution in [0.3, 0.4) is 0 Å². The number of aryl methyl sites for hydroxylation is 2. The lowest BCUT2D eigenvalue weighted by atomic mass is 9.94. The summed E-state index contributed by atoms with van der Waals surface area (Å²) in [5, 5.41) is 2.15. The first-order valence-electron chi connectivity index (χ1n) is 8.30. The number of pyridine rings is 1. The van der Waals surface area contributed by atoms with E-state index in [-0.39, 0.29) is 6.79 Å². The molecule has 0 bridgehead atoms. The van der Waals surface area contributed by atoms with Crippen LogP contribution in [0.4, 0.5) is 0 Å². The fraction of sp³-hybridized carbons (Fsp3) is 0.250. The number of benzene rings is 2. The van der Waals surface area contributed by atoms with Gasteiger partial charge in [-0.15, -0.1) is 0 Å². The van der Waals surface area contributed by atoms with Crippen LogP contribution < -0.4 is 23.5 Å². The average Bonchev–Trinajstić information content (AvgIpc) is 3.13. The SMILES string of the molecule is COc1ccc2cc3[n+](cc2c1OC)CCc1ccc2c(c1-3)OCO2. The third-order valence-corrected chi connectivity index (χ3v) is 5.01. The number of hydrogen-bond acceptors (Lipinski definition) is 4. The molecule has 0 fully saturated rings. The minimum atomic E-state index is 0.282. The summed E-state index contributed by atoms with van der Waals surface area (Å²) in [6, 6.07) is 10.3. The van der Waals surface area contributed by atoms with Crippen LogP contribution in [0.2, 0.25) is 0 Å². The van der Waals surface area contributed by atoms with Crippen LogP contribution >= 0.6 is 0 Å². The van der Waals surface area contributed by atoms with Gasteiger partial charge in [0.05, 0.1) is 25.2 Å². The normalized spacial score (nSPS) is 14.2. The number of fused-ring (bicyclic) bond motifs is 6. The fourth-order valence-electron chi connectivity index (χ4n) is 3.82. The smallest absolute Gasteiger partial charge is 0.231 e. The lowest BCUT2D eigenvalue weighted by Gasteiger charge is -2.18. The van der Waals surface area contributed by atoms with E-state index in [0.717, 1.165) is 58.0 Å². The van der Waals surface area contributed by atoms with Gasteiger partial charge in [0.15, 0.2) is 35.7 Å². The number of rotatable bonds is 2. The predicted octanol–water partition coefficient (Wildman–Crippen LogP) is 3.10. The van der Waals surface area contributed by atoms with Crippen molar-refractivity contribution >= 4 is 10.8 Å². The van der Waals surface area contributed by atoms with Crippen LogP contribution in [-0.2, 0) is 13.0 Å². The molecule has 5 heteroatoms. The lowest BCUT2D eigenvalue weighted by molar-refractivity contribution is -0.686. The Morgan fingerprint density at radius 2 is 1.96 bits per heavy atom. The van der Waals surface area contributed by atoms with Gasteiger partial charge in [-0.2, -0.15) is 4.57 Å². The maximum absolute atomic E-state index is 5.77. The highest BCUT2D eigenvalue weighted by molar-refractivity contribution is 5.92. The molecule has 0 unspecified atom stereocenters. The molecule has 2 aliphatic rings. The Kier molecular flexibility index (Phi) is 3.04. The first kappa shape index (κ1) is 14.4. The number of nitrogens with zero attached hydrogens (tertiary/aromatic N) is 1. The van der Waals surface area contributed by atoms with Crippen molar-refractivity contribution in [1.29, 1.82) is 0 Å². The molecule has 0 aliphatic carbocycles. The summed E-state index contributed by atoms with van der Waals surface area (Å²) < 4.78 is 24.6. The summed E-state index contributed by atoms with van der Waals surface area (Å²) in [5.74, 6) is 3.17. The van der Waals surface area contributed by atoms with E-state index in [2.05, 4.69) is 29.0 Å². The van der Waals surface area contributed by atoms with E-state index in [9.17, 15) is 0 Å². The summed E-state index contributed by atoms with van der Waals surface area (Å²) in [4.78, 5) is 0. The minimum Gasteiger partial charge on any atom is -0.493 e. The molecule has 1 aromatic heterocycles. The molecule has 25 heavy (non-hydrogen) atoms. The molecule has 0 N–H and O–H groups in total. The van der Waals surface area contributed by atoms with Crippen LogP contribution in [-0.4, -0.2) is 21.0 Å². The zero-order chi connectivity index (χ0) is 17.0. The largest absolute Gasteiger partial charge is 0.493 e. The second-order valence-electron chi connectivity index (χ2n) is 6.24. The van der Waals surface area contributed by atoms with Crippen LogP contribution in [0, 0.1) is 0 Å². The monoisotopic (exact) mass is 336 g/mol. The van der Waals surface area contributed by atoms with E-state index in [1.165, 1.54) is 5.56 Å². The summed E-state index contributed by atoms with van der Waals surface area (Å²) >= 11 is 0. The number of ether oxygens (including phenoxy) is 4. The molecular weight excluding hydrogens is 318 g/mol. The van der Waals surface area contributed by atoms with E-state index in [0.29, 0.717) is 0 Å². The molecule has 3 aromatic rings. The van der Waals surface area contributed by atoms with Crippen molar-refractivity contribution in [2.75, 3.05) is 21.0 Å². The molecule has 0 atom stereocenters. The zero-order valence-electron chi connectivity index (χ0n) is 14.2. The minimum absolute atomic E-state index is 0.282. The summed E-state index contributed by atoms with van der Waals surface area (Å²) in [7, 11) is 3.33. The van der Waals surface area contributed by atoms with E-state index in [1.807, 2.05) is 12.1 Å². The Morgan fingerprint density at radius 1 is 1.04 bits per heavy atom. The Balaban J connectivity index is 1.80. The van der Waals surface area contributed by atoms with E-state index >= 15 is 0 Å². The van der Waals surface area contributed by atoms with Gasteiger partial charge in [-0.25, -0.2) is 0 Å². The Morgan fingerprint density at radius 3 is 2.80 bits per heavy atom. The first-order chi connectivity index (χ1) is 12.3. The van der Waals surface area contributed by atoms with Crippen molar-refractivity contribution in [3.05, 3.63) is 42.1 Å². The predicted molar refractivity (Wildman–Crippen MR) is 92.5 cm³/mol. The highest BCUT2D eigenvalue weighted by Crippen LogP contribution is 2.45. The molecule has 0 amide bonds. The summed E-state index contributed by atoms with van der Waals surface area (Å²) in [6.07, 6.45) is 3.10. The second-order valence-corrected chi connectivity index (χ2v) is 6.24. The van der Waals surface area contributed by atoms with Crippen molar-refractivity contribution in [3.8, 4) is 34.3 Å². The second kappa shape index (κ2) is 5.28. The van der Waals surface area contributed by atoms with Crippen molar-refractivity contribution < 1.29 is 23.5 Å². The Hall–Kier alpha value is -2.95. The van der Waals surface area contributed by atoms with Crippen molar-refractivity contribution in [1.82, 2.24) is 0 Å². The highest BCUT2D eigenvalue weighted by atomic mass is 16.7. The topological polar surface area (TPSA) is 40.8 Å². The molecule has 5 nitrogen and oxygen atoms in total. The number of methoxy groups -OCH3 is 2. The van der Waals surface area contributed by atoms with Gasteiger partial charge in [0.1, 0.15) is 0 Å². The van der Waals surface area contributed by atoms with E-state index in [4.69, 9.17) is 18.9 Å². The molecule has 0 radical (unpaired) electrons. The molecule has 3 heterocycles. The molecule has 2 aromatic carbocycles. The number of aromatic nitrogens is 1. The van der Waals surface area contributed by atoms with Crippen molar-refractivity contribution in [2.24, 2.45) is 0 Å². The first-order valence-corrected chi connectivity index (χ1v) is 8.30. The molecule has 0 saturated heterocycles. The van der Waals surface area contributed by atoms with Crippen LogP contribution in [0.1, 0.15) is 5.56 Å². The molecule has 2 aliphatic heterocycles. The molecule has 0 spiro atoms. The molecule has 126 valence electrons. The zero-order valence-corrected chi connectivity index (χ0v) is 14.2. The van der Waals surface area contributed by atoms with Gasteiger partial charge >= 0.3 is 0 Å². The van der Waals surface area contributed by atoms with Crippen LogP contribution in [0.5, 0.6) is 23.0 Å². The standard InChI is InChI=1S/C20H18NO4/c1-22-16-5-4-13-9-15-18-12(3-6-17-20(18)25-11-24-17)7-8-21(15)10-14(13)19(16)23-2/h3-6,9-10H,7-8,11H2,1-2H3/q+1. The van der Waals surface area contributed by atoms with Gasteiger partial charge in [-0.1, -0.05) is 6.07 Å². The third-order valence-electron chi connectivity index (χ3n) is 5.01. The Labute approximate surface area is 145 Å². The van der Waals surface area contributed by atoms with Crippen LogP contribution in [0.25, 0.3) is 22.0 Å². The van der Waals surface area contributed by atoms with Crippen LogP contribution in [0.15, 0.2) is 36.5 Å². The highest BCUT2D eigenvalue weighted by Gasteiger charge is 2.32. The summed E-state index contributed by atoms with van der Waals surface area (Å²) in [6.45, 7) is 1.20. The quantitative estimate of drug-likeness (QED) is 0.674. The Bertz CT molecular complexity index is 1010. The van der Waals surface area contributed by atoms with Gasteiger partial charge in [-0.05, 0) is 29.1 Å². The fourth-order valence-corrected chi connectivity index (χ4v) is 3.82. The number of hydrogen-bond donors (Lipinski definition) is 0. The van der Waals surface area contributed by atoms with Crippen molar-refractivity contribution in [2.45, 2.75) is 13.0 Å². The molecule has 0 saturated carbocycles. The van der Waals surface area contributed by atoms with Gasteiger partial charge in [0.25, 0.3) is 0 Å². The molecular formula is C20H18NO4+. The van der Waals surface area contributed by atoms with Gasteiger partial charge in [-0.3, -0.25) is 0 Å². The lowest BCUT2D eigenvalue weighted by Crippen LogP contribution is -2.40. The summed E-state index contributed by atoms with van der Waals surface area (Å²) in [5.41, 5.74) is 3.57. The van der Waals surface area contributed by atoms with Crippen molar-refractivity contribution in [3.63, 3.8) is 0 Å². The van der Waals surface area contributed by atoms with Gasteiger partial charge in [0.2, 0.25) is 12.5 Å². The maximum atomic E-state index is 5.77. The van der Waals surface area contributed by atoms with Gasteiger partial charge in [0, 0.05) is 12.5 Å². The maximum Gasteiger partial charge on any atom is 0.231 e.